The van der Waals surface area contributed by atoms with Gasteiger partial charge >= 0.3 is 5.97 Å². The number of carboxylic acids is 1. The zero-order chi connectivity index (χ0) is 16.8. The molecule has 0 radical (unpaired) electrons. The van der Waals surface area contributed by atoms with Crippen LogP contribution in [0.15, 0.2) is 39.3 Å². The Kier molecular flexibility index (Phi) is 5.92. The Morgan fingerprint density at radius 1 is 1.35 bits per heavy atom. The summed E-state index contributed by atoms with van der Waals surface area (Å²) in [6.07, 6.45) is -0.0114. The predicted octanol–water partition coefficient (Wildman–Crippen LogP) is 2.79. The van der Waals surface area contributed by atoms with Crippen LogP contribution in [0.5, 0.6) is 0 Å². The second-order valence-corrected chi connectivity index (χ2v) is 6.11. The highest BCUT2D eigenvalue weighted by molar-refractivity contribution is 9.10. The van der Waals surface area contributed by atoms with Crippen LogP contribution >= 0.6 is 15.9 Å². The average Bonchev–Trinajstić information content (AvgIpc) is 2.88. The minimum absolute atomic E-state index is 0.0883. The highest BCUT2D eigenvalue weighted by atomic mass is 79.9. The summed E-state index contributed by atoms with van der Waals surface area (Å²) < 4.78 is 5.87. The van der Waals surface area contributed by atoms with Crippen LogP contribution < -0.4 is 0 Å². The van der Waals surface area contributed by atoms with E-state index in [2.05, 4.69) is 21.1 Å². The smallest absolute Gasteiger partial charge is 0.305 e. The number of carbonyl (C=O) groups excluding carboxylic acids is 1. The third-order valence-electron chi connectivity index (χ3n) is 3.22. The van der Waals surface area contributed by atoms with Gasteiger partial charge in [0.2, 0.25) is 5.91 Å². The van der Waals surface area contributed by atoms with Crippen LogP contribution in [-0.4, -0.2) is 33.6 Å². The van der Waals surface area contributed by atoms with Crippen molar-refractivity contribution in [2.45, 2.75) is 26.3 Å². The third-order valence-corrected chi connectivity index (χ3v) is 3.71. The Balaban J connectivity index is 2.08. The number of hydrogen-bond donors (Lipinski definition) is 1. The fourth-order valence-corrected chi connectivity index (χ4v) is 2.59. The van der Waals surface area contributed by atoms with Gasteiger partial charge in [0, 0.05) is 23.6 Å². The molecule has 2 rings (SSSR count). The van der Waals surface area contributed by atoms with Gasteiger partial charge in [0.15, 0.2) is 0 Å². The molecule has 0 saturated heterocycles. The van der Waals surface area contributed by atoms with Gasteiger partial charge in [0.25, 0.3) is 0 Å². The number of rotatable bonds is 7. The van der Waals surface area contributed by atoms with E-state index in [-0.39, 0.29) is 25.3 Å². The van der Waals surface area contributed by atoms with Crippen LogP contribution in [0, 0.1) is 6.92 Å². The Morgan fingerprint density at radius 3 is 2.74 bits per heavy atom. The summed E-state index contributed by atoms with van der Waals surface area (Å²) in [5.74, 6) is -0.481. The molecule has 6 nitrogen and oxygen atoms in total. The predicted molar refractivity (Wildman–Crippen MR) is 86.8 cm³/mol. The zero-order valence-electron chi connectivity index (χ0n) is 12.7. The summed E-state index contributed by atoms with van der Waals surface area (Å²) >= 11 is 3.39. The fourth-order valence-electron chi connectivity index (χ4n) is 2.15. The highest BCUT2D eigenvalue weighted by Crippen LogP contribution is 2.15. The average molecular weight is 381 g/mol. The maximum atomic E-state index is 12.5. The molecule has 1 amide bonds. The molecule has 0 fully saturated rings. The molecule has 0 atom stereocenters. The normalized spacial score (nSPS) is 10.5. The van der Waals surface area contributed by atoms with E-state index in [0.29, 0.717) is 18.0 Å². The summed E-state index contributed by atoms with van der Waals surface area (Å²) in [5.41, 5.74) is 1.47. The van der Waals surface area contributed by atoms with Gasteiger partial charge < -0.3 is 14.5 Å². The first kappa shape index (κ1) is 17.2. The molecule has 7 heteroatoms. The van der Waals surface area contributed by atoms with Gasteiger partial charge in [-0.15, -0.1) is 0 Å². The molecule has 122 valence electrons. The molecule has 0 aliphatic heterocycles. The van der Waals surface area contributed by atoms with Crippen LogP contribution in [0.1, 0.15) is 23.4 Å². The van der Waals surface area contributed by atoms with Gasteiger partial charge in [-0.25, -0.2) is 0 Å². The maximum Gasteiger partial charge on any atom is 0.305 e. The summed E-state index contributed by atoms with van der Waals surface area (Å²) in [7, 11) is 0. The summed E-state index contributed by atoms with van der Waals surface area (Å²) in [6.45, 7) is 2.25. The van der Waals surface area contributed by atoms with E-state index in [1.807, 2.05) is 24.3 Å². The summed E-state index contributed by atoms with van der Waals surface area (Å²) in [5, 5.41) is 12.7. The molecule has 1 aromatic heterocycles. The van der Waals surface area contributed by atoms with E-state index in [1.54, 1.807) is 13.0 Å². The number of nitrogens with zero attached hydrogens (tertiary/aromatic N) is 2. The molecule has 0 aliphatic carbocycles. The molecule has 1 heterocycles. The topological polar surface area (TPSA) is 83.6 Å². The first-order valence-electron chi connectivity index (χ1n) is 7.10. The van der Waals surface area contributed by atoms with E-state index in [0.717, 1.165) is 10.0 Å². The second-order valence-electron chi connectivity index (χ2n) is 5.19. The van der Waals surface area contributed by atoms with E-state index in [1.165, 1.54) is 4.90 Å². The fraction of sp³-hybridized carbons (Fsp3) is 0.312. The van der Waals surface area contributed by atoms with Crippen molar-refractivity contribution in [1.29, 1.82) is 0 Å². The molecule has 0 bridgehead atoms. The SMILES string of the molecule is Cc1cc(CC(=O)N(CCC(=O)O)Cc2cccc(Br)c2)no1. The molecule has 23 heavy (non-hydrogen) atoms. The Bertz CT molecular complexity index is 699. The number of hydrogen-bond acceptors (Lipinski definition) is 4. The van der Waals surface area contributed by atoms with Crippen molar-refractivity contribution >= 4 is 27.8 Å². The van der Waals surface area contributed by atoms with Crippen LogP contribution in [0.2, 0.25) is 0 Å². The van der Waals surface area contributed by atoms with Gasteiger partial charge in [0.05, 0.1) is 18.5 Å². The first-order chi connectivity index (χ1) is 10.9. The van der Waals surface area contributed by atoms with Crippen LogP contribution in [0.25, 0.3) is 0 Å². The van der Waals surface area contributed by atoms with Gasteiger partial charge in [-0.05, 0) is 24.6 Å². The van der Waals surface area contributed by atoms with Gasteiger partial charge in [0.1, 0.15) is 5.76 Å². The van der Waals surface area contributed by atoms with E-state index >= 15 is 0 Å². The van der Waals surface area contributed by atoms with E-state index in [4.69, 9.17) is 9.63 Å². The van der Waals surface area contributed by atoms with E-state index < -0.39 is 5.97 Å². The molecule has 0 unspecified atom stereocenters. The number of benzene rings is 1. The largest absolute Gasteiger partial charge is 0.481 e. The number of halogens is 1. The molecular weight excluding hydrogens is 364 g/mol. The Labute approximate surface area is 142 Å². The number of aromatic nitrogens is 1. The molecule has 2 aromatic rings. The minimum Gasteiger partial charge on any atom is -0.481 e. The Morgan fingerprint density at radius 2 is 2.13 bits per heavy atom. The molecule has 0 saturated carbocycles. The number of carbonyl (C=O) groups is 2. The maximum absolute atomic E-state index is 12.5. The third kappa shape index (κ3) is 5.52. The van der Waals surface area contributed by atoms with Crippen molar-refractivity contribution in [3.63, 3.8) is 0 Å². The summed E-state index contributed by atoms with van der Waals surface area (Å²) in [6, 6.07) is 9.27. The first-order valence-corrected chi connectivity index (χ1v) is 7.89. The lowest BCUT2D eigenvalue weighted by Gasteiger charge is -2.22. The molecule has 1 N–H and O–H groups in total. The Hall–Kier alpha value is -2.15. The number of amides is 1. The molecule has 0 aliphatic rings. The standard InChI is InChI=1S/C16H17BrN2O4/c1-11-7-14(18-23-11)9-15(20)19(6-5-16(21)22)10-12-3-2-4-13(17)8-12/h2-4,7-8H,5-6,9-10H2,1H3,(H,21,22). The number of carboxylic acid groups (broad SMARTS) is 1. The van der Waals surface area contributed by atoms with Crippen molar-refractivity contribution in [3.05, 3.63) is 51.8 Å². The molecule has 1 aromatic carbocycles. The van der Waals surface area contributed by atoms with Crippen LogP contribution in [-0.2, 0) is 22.6 Å². The van der Waals surface area contributed by atoms with Crippen LogP contribution in [0.4, 0.5) is 0 Å². The van der Waals surface area contributed by atoms with Crippen molar-refractivity contribution < 1.29 is 19.2 Å². The lowest BCUT2D eigenvalue weighted by molar-refractivity contribution is -0.138. The monoisotopic (exact) mass is 380 g/mol. The summed E-state index contributed by atoms with van der Waals surface area (Å²) in [4.78, 5) is 24.8. The van der Waals surface area contributed by atoms with Crippen molar-refractivity contribution in [3.8, 4) is 0 Å². The van der Waals surface area contributed by atoms with Gasteiger partial charge in [-0.2, -0.15) is 0 Å². The van der Waals surface area contributed by atoms with Crippen LogP contribution in [0.3, 0.4) is 0 Å². The number of aliphatic carboxylic acids is 1. The van der Waals surface area contributed by atoms with Gasteiger partial charge in [-0.1, -0.05) is 33.2 Å². The van der Waals surface area contributed by atoms with E-state index in [9.17, 15) is 9.59 Å². The minimum atomic E-state index is -0.936. The second kappa shape index (κ2) is 7.92. The zero-order valence-corrected chi connectivity index (χ0v) is 14.2. The van der Waals surface area contributed by atoms with Crippen molar-refractivity contribution in [1.82, 2.24) is 10.1 Å². The lowest BCUT2D eigenvalue weighted by Crippen LogP contribution is -2.33. The van der Waals surface area contributed by atoms with Crippen molar-refractivity contribution in [2.24, 2.45) is 0 Å². The number of aryl methyl sites for hydroxylation is 1. The lowest BCUT2D eigenvalue weighted by atomic mass is 10.2. The van der Waals surface area contributed by atoms with Crippen molar-refractivity contribution in [2.75, 3.05) is 6.54 Å². The molecular formula is C16H17BrN2O4. The van der Waals surface area contributed by atoms with Gasteiger partial charge in [-0.3, -0.25) is 9.59 Å². The highest BCUT2D eigenvalue weighted by Gasteiger charge is 2.17. The quantitative estimate of drug-likeness (QED) is 0.798. The molecule has 0 spiro atoms.